The number of aryl methyl sites for hydroxylation is 1. The van der Waals surface area contributed by atoms with E-state index in [2.05, 4.69) is 14.9 Å². The molecule has 0 bridgehead atoms. The molecule has 2 aromatic heterocycles. The van der Waals surface area contributed by atoms with E-state index < -0.39 is 10.0 Å². The van der Waals surface area contributed by atoms with Crippen molar-refractivity contribution >= 4 is 37.6 Å². The number of nitrogens with one attached hydrogen (secondary N) is 1. The van der Waals surface area contributed by atoms with Crippen molar-refractivity contribution in [3.05, 3.63) is 66.0 Å². The van der Waals surface area contributed by atoms with Crippen LogP contribution in [0.2, 0.25) is 0 Å². The van der Waals surface area contributed by atoms with Crippen LogP contribution in [0.15, 0.2) is 59.1 Å². The van der Waals surface area contributed by atoms with Crippen LogP contribution >= 0.6 is 0 Å². The average molecular weight is 353 g/mol. The molecule has 1 N–H and O–H groups in total. The van der Waals surface area contributed by atoms with E-state index >= 15 is 0 Å². The third-order valence-corrected chi connectivity index (χ3v) is 5.10. The highest BCUT2D eigenvalue weighted by Gasteiger charge is 2.18. The van der Waals surface area contributed by atoms with Crippen molar-refractivity contribution in [1.82, 2.24) is 10.1 Å². The van der Waals surface area contributed by atoms with Gasteiger partial charge in [-0.25, -0.2) is 8.42 Å². The number of aromatic nitrogens is 2. The lowest BCUT2D eigenvalue weighted by atomic mass is 10.2. The Balaban J connectivity index is 1.68. The maximum atomic E-state index is 12.6. The van der Waals surface area contributed by atoms with Gasteiger partial charge in [-0.05, 0) is 43.3 Å². The summed E-state index contributed by atoms with van der Waals surface area (Å²) in [5, 5.41) is 5.34. The largest absolute Gasteiger partial charge is 0.356 e. The first-order valence-electron chi connectivity index (χ1n) is 7.72. The fraction of sp³-hybridized carbons (Fsp3) is 0.111. The normalized spacial score (nSPS) is 11.9. The lowest BCUT2D eigenvalue weighted by Crippen LogP contribution is -2.15. The molecular weight excluding hydrogens is 338 g/mol. The Labute approximate surface area is 144 Å². The van der Waals surface area contributed by atoms with Gasteiger partial charge in [0.15, 0.2) is 5.58 Å². The van der Waals surface area contributed by atoms with Crippen LogP contribution < -0.4 is 4.72 Å². The summed E-state index contributed by atoms with van der Waals surface area (Å²) < 4.78 is 33.0. The molecule has 0 spiro atoms. The zero-order chi connectivity index (χ0) is 17.4. The Morgan fingerprint density at radius 3 is 2.72 bits per heavy atom. The molecule has 25 heavy (non-hydrogen) atoms. The van der Waals surface area contributed by atoms with Crippen LogP contribution in [0.1, 0.15) is 11.4 Å². The van der Waals surface area contributed by atoms with Gasteiger partial charge in [-0.3, -0.25) is 9.71 Å². The highest BCUT2D eigenvalue weighted by Crippen LogP contribution is 2.25. The van der Waals surface area contributed by atoms with E-state index in [1.54, 1.807) is 24.3 Å². The second-order valence-electron chi connectivity index (χ2n) is 5.81. The number of sulfonamides is 1. The Morgan fingerprint density at radius 2 is 1.84 bits per heavy atom. The lowest BCUT2D eigenvalue weighted by molar-refractivity contribution is 0.448. The number of hydrogen-bond acceptors (Lipinski definition) is 5. The molecule has 0 saturated carbocycles. The summed E-state index contributed by atoms with van der Waals surface area (Å²) in [6.45, 7) is 1.89. The minimum atomic E-state index is -3.65. The fourth-order valence-electron chi connectivity index (χ4n) is 2.77. The van der Waals surface area contributed by atoms with Crippen molar-refractivity contribution in [3.63, 3.8) is 0 Å². The number of nitrogens with zero attached hydrogens (tertiary/aromatic N) is 2. The smallest absolute Gasteiger partial charge is 0.238 e. The number of hydrogen-bond donors (Lipinski definition) is 1. The molecule has 0 aliphatic carbocycles. The lowest BCUT2D eigenvalue weighted by Gasteiger charge is -2.10. The third kappa shape index (κ3) is 3.06. The van der Waals surface area contributed by atoms with E-state index in [1.165, 1.54) is 0 Å². The highest BCUT2D eigenvalue weighted by molar-refractivity contribution is 7.91. The topological polar surface area (TPSA) is 85.1 Å². The maximum absolute atomic E-state index is 12.6. The zero-order valence-electron chi connectivity index (χ0n) is 13.4. The summed E-state index contributed by atoms with van der Waals surface area (Å²) in [5.74, 6) is -0.264. The molecule has 0 saturated heterocycles. The van der Waals surface area contributed by atoms with Gasteiger partial charge in [0.25, 0.3) is 0 Å². The van der Waals surface area contributed by atoms with Crippen LogP contribution in [0.5, 0.6) is 0 Å². The van der Waals surface area contributed by atoms with Crippen LogP contribution in [0.4, 0.5) is 5.69 Å². The Bertz CT molecular complexity index is 1180. The maximum Gasteiger partial charge on any atom is 0.238 e. The van der Waals surface area contributed by atoms with Crippen LogP contribution in [0.25, 0.3) is 21.9 Å². The molecule has 0 fully saturated rings. The first-order chi connectivity index (χ1) is 12.0. The van der Waals surface area contributed by atoms with Crippen molar-refractivity contribution in [3.8, 4) is 0 Å². The standard InChI is InChI=1S/C18H15N3O3S/c1-12-9-10-13-15(19-12)6-4-7-16(13)21-25(22,23)11-17-14-5-2-3-8-18(14)24-20-17/h2-10,21H,11H2,1H3. The molecule has 6 nitrogen and oxygen atoms in total. The molecular formula is C18H15N3O3S. The van der Waals surface area contributed by atoms with E-state index in [0.29, 0.717) is 22.4 Å². The van der Waals surface area contributed by atoms with Gasteiger partial charge in [-0.15, -0.1) is 0 Å². The summed E-state index contributed by atoms with van der Waals surface area (Å²) in [6, 6.07) is 16.2. The molecule has 0 unspecified atom stereocenters. The van der Waals surface area contributed by atoms with Crippen molar-refractivity contribution < 1.29 is 12.9 Å². The molecule has 2 aromatic carbocycles. The van der Waals surface area contributed by atoms with Crippen LogP contribution in [0.3, 0.4) is 0 Å². The summed E-state index contributed by atoms with van der Waals surface area (Å²) >= 11 is 0. The Kier molecular flexibility index (Phi) is 3.65. The first kappa shape index (κ1) is 15.6. The van der Waals surface area contributed by atoms with Crippen LogP contribution in [-0.4, -0.2) is 18.6 Å². The predicted octanol–water partition coefficient (Wildman–Crippen LogP) is 3.63. The van der Waals surface area contributed by atoms with Crippen molar-refractivity contribution in [1.29, 1.82) is 0 Å². The van der Waals surface area contributed by atoms with Gasteiger partial charge in [0.1, 0.15) is 11.4 Å². The van der Waals surface area contributed by atoms with Crippen LogP contribution in [0, 0.1) is 6.92 Å². The number of benzene rings is 2. The Hall–Kier alpha value is -2.93. The van der Waals surface area contributed by atoms with E-state index in [9.17, 15) is 8.42 Å². The van der Waals surface area contributed by atoms with Crippen molar-refractivity contribution in [2.75, 3.05) is 4.72 Å². The van der Waals surface area contributed by atoms with Gasteiger partial charge in [0, 0.05) is 16.5 Å². The highest BCUT2D eigenvalue weighted by atomic mass is 32.2. The van der Waals surface area contributed by atoms with E-state index in [-0.39, 0.29) is 5.75 Å². The molecule has 0 atom stereocenters. The molecule has 0 aliphatic heterocycles. The first-order valence-corrected chi connectivity index (χ1v) is 9.37. The Morgan fingerprint density at radius 1 is 1.00 bits per heavy atom. The summed E-state index contributed by atoms with van der Waals surface area (Å²) in [5.41, 5.74) is 3.07. The molecule has 126 valence electrons. The molecule has 7 heteroatoms. The monoisotopic (exact) mass is 353 g/mol. The molecule has 4 aromatic rings. The van der Waals surface area contributed by atoms with Crippen molar-refractivity contribution in [2.24, 2.45) is 0 Å². The molecule has 0 aliphatic rings. The van der Waals surface area contributed by atoms with Crippen molar-refractivity contribution in [2.45, 2.75) is 12.7 Å². The molecule has 4 rings (SSSR count). The van der Waals surface area contributed by atoms with Gasteiger partial charge in [-0.1, -0.05) is 23.4 Å². The summed E-state index contributed by atoms with van der Waals surface area (Å²) in [4.78, 5) is 4.42. The fourth-order valence-corrected chi connectivity index (χ4v) is 3.93. The van der Waals surface area contributed by atoms with Crippen LogP contribution in [-0.2, 0) is 15.8 Å². The summed E-state index contributed by atoms with van der Waals surface area (Å²) in [7, 11) is -3.65. The number of fused-ring (bicyclic) bond motifs is 2. The quantitative estimate of drug-likeness (QED) is 0.605. The third-order valence-electron chi connectivity index (χ3n) is 3.92. The van der Waals surface area contributed by atoms with E-state index in [1.807, 2.05) is 37.3 Å². The molecule has 0 radical (unpaired) electrons. The number of para-hydroxylation sites is 1. The SMILES string of the molecule is Cc1ccc2c(NS(=O)(=O)Cc3noc4ccccc34)cccc2n1. The zero-order valence-corrected chi connectivity index (χ0v) is 14.2. The summed E-state index contributed by atoms with van der Waals surface area (Å²) in [6.07, 6.45) is 0. The van der Waals surface area contributed by atoms with Gasteiger partial charge >= 0.3 is 0 Å². The number of anilines is 1. The minimum absolute atomic E-state index is 0.264. The second-order valence-corrected chi connectivity index (χ2v) is 7.53. The minimum Gasteiger partial charge on any atom is -0.356 e. The van der Waals surface area contributed by atoms with Gasteiger partial charge < -0.3 is 4.52 Å². The predicted molar refractivity (Wildman–Crippen MR) is 96.7 cm³/mol. The number of pyridine rings is 1. The average Bonchev–Trinajstić information content (AvgIpc) is 2.97. The molecule has 2 heterocycles. The van der Waals surface area contributed by atoms with Gasteiger partial charge in [-0.2, -0.15) is 0 Å². The number of rotatable bonds is 4. The molecule has 0 amide bonds. The van der Waals surface area contributed by atoms with E-state index in [4.69, 9.17) is 4.52 Å². The van der Waals surface area contributed by atoms with E-state index in [0.717, 1.165) is 16.6 Å². The second kappa shape index (κ2) is 5.86. The van der Waals surface area contributed by atoms with Gasteiger partial charge in [0.2, 0.25) is 10.0 Å². The van der Waals surface area contributed by atoms with Gasteiger partial charge in [0.05, 0.1) is 11.2 Å².